The zero-order valence-electron chi connectivity index (χ0n) is 19.7. The van der Waals surface area contributed by atoms with Crippen LogP contribution in [0.4, 0.5) is 17.2 Å². The maximum atomic E-state index is 13.0. The lowest BCUT2D eigenvalue weighted by atomic mass is 10.2. The second kappa shape index (κ2) is 9.42. The third kappa shape index (κ3) is 4.52. The average molecular weight is 465 g/mol. The summed E-state index contributed by atoms with van der Waals surface area (Å²) in [5, 5.41) is 5.60. The SMILES string of the molecule is CCc1nc2ccc(C(=O)Nc3ccc4c(c3)OCC(=O)N4)cn2c1N(CC)CC(=O)N(C)C. The lowest BCUT2D eigenvalue weighted by Gasteiger charge is -2.24. The monoisotopic (exact) mass is 464 g/mol. The molecule has 2 aromatic heterocycles. The van der Waals surface area contributed by atoms with Crippen molar-refractivity contribution in [3.63, 3.8) is 0 Å². The van der Waals surface area contributed by atoms with E-state index in [0.717, 1.165) is 11.5 Å². The Bertz CT molecular complexity index is 1270. The molecular formula is C24H28N6O4. The zero-order valence-corrected chi connectivity index (χ0v) is 19.7. The van der Waals surface area contributed by atoms with Gasteiger partial charge >= 0.3 is 0 Å². The van der Waals surface area contributed by atoms with Gasteiger partial charge in [0.15, 0.2) is 6.61 Å². The second-order valence-electron chi connectivity index (χ2n) is 8.19. The van der Waals surface area contributed by atoms with Crippen molar-refractivity contribution in [2.24, 2.45) is 0 Å². The summed E-state index contributed by atoms with van der Waals surface area (Å²) in [7, 11) is 3.46. The summed E-state index contributed by atoms with van der Waals surface area (Å²) in [6.45, 7) is 4.77. The molecule has 10 nitrogen and oxygen atoms in total. The first kappa shape index (κ1) is 23.1. The van der Waals surface area contributed by atoms with Crippen molar-refractivity contribution in [1.82, 2.24) is 14.3 Å². The highest BCUT2D eigenvalue weighted by atomic mass is 16.5. The number of pyridine rings is 1. The summed E-state index contributed by atoms with van der Waals surface area (Å²) in [6, 6.07) is 8.58. The van der Waals surface area contributed by atoms with Gasteiger partial charge in [0.1, 0.15) is 17.2 Å². The van der Waals surface area contributed by atoms with Crippen molar-refractivity contribution in [3.8, 4) is 5.75 Å². The fourth-order valence-corrected chi connectivity index (χ4v) is 3.78. The minimum atomic E-state index is -0.299. The number of likely N-dealkylation sites (N-methyl/N-ethyl adjacent to an activating group) is 2. The number of carbonyl (C=O) groups is 3. The van der Waals surface area contributed by atoms with E-state index in [9.17, 15) is 14.4 Å². The van der Waals surface area contributed by atoms with Gasteiger partial charge in [0.2, 0.25) is 5.91 Å². The van der Waals surface area contributed by atoms with Gasteiger partial charge in [-0.05, 0) is 37.6 Å². The number of hydrogen-bond donors (Lipinski definition) is 2. The van der Waals surface area contributed by atoms with Gasteiger partial charge in [0.05, 0.1) is 23.5 Å². The molecule has 2 N–H and O–H groups in total. The molecule has 178 valence electrons. The molecule has 0 spiro atoms. The van der Waals surface area contributed by atoms with Gasteiger partial charge in [0, 0.05) is 38.6 Å². The molecular weight excluding hydrogens is 436 g/mol. The van der Waals surface area contributed by atoms with E-state index >= 15 is 0 Å². The van der Waals surface area contributed by atoms with Gasteiger partial charge in [-0.1, -0.05) is 6.92 Å². The zero-order chi connectivity index (χ0) is 24.4. The summed E-state index contributed by atoms with van der Waals surface area (Å²) >= 11 is 0. The third-order valence-electron chi connectivity index (χ3n) is 5.64. The minimum absolute atomic E-state index is 0.0152. The Morgan fingerprint density at radius 3 is 2.71 bits per heavy atom. The van der Waals surface area contributed by atoms with Gasteiger partial charge < -0.3 is 25.2 Å². The maximum Gasteiger partial charge on any atom is 0.262 e. The number of ether oxygens (including phenoxy) is 1. The highest BCUT2D eigenvalue weighted by molar-refractivity contribution is 6.05. The number of aromatic nitrogens is 2. The number of nitrogens with zero attached hydrogens (tertiary/aromatic N) is 4. The fourth-order valence-electron chi connectivity index (χ4n) is 3.78. The minimum Gasteiger partial charge on any atom is -0.482 e. The Morgan fingerprint density at radius 1 is 1.21 bits per heavy atom. The van der Waals surface area contributed by atoms with Crippen molar-refractivity contribution in [2.45, 2.75) is 20.3 Å². The van der Waals surface area contributed by atoms with Crippen LogP contribution < -0.4 is 20.3 Å². The van der Waals surface area contributed by atoms with Crippen molar-refractivity contribution >= 4 is 40.6 Å². The number of hydrogen-bond acceptors (Lipinski definition) is 6. The van der Waals surface area contributed by atoms with Crippen molar-refractivity contribution in [3.05, 3.63) is 47.8 Å². The first-order valence-electron chi connectivity index (χ1n) is 11.1. The summed E-state index contributed by atoms with van der Waals surface area (Å²) < 4.78 is 7.29. The van der Waals surface area contributed by atoms with Crippen LogP contribution in [0.5, 0.6) is 5.75 Å². The molecule has 3 aromatic rings. The molecule has 0 saturated heterocycles. The Balaban J connectivity index is 1.63. The number of fused-ring (bicyclic) bond motifs is 2. The molecule has 0 radical (unpaired) electrons. The number of aryl methyl sites for hydroxylation is 1. The van der Waals surface area contributed by atoms with Crippen LogP contribution in [0.1, 0.15) is 29.9 Å². The molecule has 0 aliphatic carbocycles. The molecule has 0 fully saturated rings. The number of amides is 3. The smallest absolute Gasteiger partial charge is 0.262 e. The first-order valence-corrected chi connectivity index (χ1v) is 11.1. The Labute approximate surface area is 197 Å². The summed E-state index contributed by atoms with van der Waals surface area (Å²) in [5.74, 6) is 0.781. The Kier molecular flexibility index (Phi) is 6.40. The number of anilines is 3. The number of rotatable bonds is 7. The summed E-state index contributed by atoms with van der Waals surface area (Å²) in [5.41, 5.74) is 3.12. The molecule has 1 aliphatic rings. The van der Waals surface area contributed by atoms with Gasteiger partial charge in [-0.3, -0.25) is 18.8 Å². The molecule has 34 heavy (non-hydrogen) atoms. The van der Waals surface area contributed by atoms with E-state index in [1.807, 2.05) is 23.1 Å². The number of benzene rings is 1. The summed E-state index contributed by atoms with van der Waals surface area (Å²) in [6.07, 6.45) is 2.43. The van der Waals surface area contributed by atoms with Crippen molar-refractivity contribution in [1.29, 1.82) is 0 Å². The fraction of sp³-hybridized carbons (Fsp3) is 0.333. The van der Waals surface area contributed by atoms with Crippen LogP contribution in [-0.2, 0) is 16.0 Å². The molecule has 1 aromatic carbocycles. The lowest BCUT2D eigenvalue weighted by Crippen LogP contribution is -2.37. The van der Waals surface area contributed by atoms with Crippen LogP contribution in [0.3, 0.4) is 0 Å². The van der Waals surface area contributed by atoms with Crippen molar-refractivity contribution in [2.75, 3.05) is 49.3 Å². The van der Waals surface area contributed by atoms with E-state index in [1.165, 1.54) is 0 Å². The first-order chi connectivity index (χ1) is 16.3. The quantitative estimate of drug-likeness (QED) is 0.556. The molecule has 0 saturated carbocycles. The predicted octanol–water partition coefficient (Wildman–Crippen LogP) is 2.39. The van der Waals surface area contributed by atoms with Crippen LogP contribution in [0.25, 0.3) is 5.65 Å². The Morgan fingerprint density at radius 2 is 2.00 bits per heavy atom. The molecule has 4 rings (SSSR count). The van der Waals surface area contributed by atoms with Gasteiger partial charge in [-0.2, -0.15) is 0 Å². The Hall–Kier alpha value is -4.08. The molecule has 0 bridgehead atoms. The number of carbonyl (C=O) groups excluding carboxylic acids is 3. The standard InChI is InChI=1S/C24H28N6O4/c1-5-17-24(29(6-2)13-22(32)28(3)4)30-12-15(7-10-20(30)26-17)23(33)25-16-8-9-18-19(11-16)34-14-21(31)27-18/h7-12H,5-6,13-14H2,1-4H3,(H,25,33)(H,27,31). The van der Waals surface area contributed by atoms with Gasteiger partial charge in [0.25, 0.3) is 11.8 Å². The highest BCUT2D eigenvalue weighted by Crippen LogP contribution is 2.31. The second-order valence-corrected chi connectivity index (χ2v) is 8.19. The van der Waals surface area contributed by atoms with Crippen LogP contribution in [-0.4, -0.2) is 65.8 Å². The number of nitrogens with one attached hydrogen (secondary N) is 2. The third-order valence-corrected chi connectivity index (χ3v) is 5.64. The van der Waals surface area contributed by atoms with Gasteiger partial charge in [-0.25, -0.2) is 4.98 Å². The molecule has 0 unspecified atom stereocenters. The van der Waals surface area contributed by atoms with E-state index in [4.69, 9.17) is 9.72 Å². The maximum absolute atomic E-state index is 13.0. The lowest BCUT2D eigenvalue weighted by molar-refractivity contribution is -0.127. The molecule has 0 atom stereocenters. The van der Waals surface area contributed by atoms with E-state index in [1.54, 1.807) is 55.5 Å². The number of imidazole rings is 1. The van der Waals surface area contributed by atoms with Crippen LogP contribution in [0.15, 0.2) is 36.5 Å². The molecule has 3 heterocycles. The molecule has 1 aliphatic heterocycles. The predicted molar refractivity (Wildman–Crippen MR) is 130 cm³/mol. The highest BCUT2D eigenvalue weighted by Gasteiger charge is 2.21. The topological polar surface area (TPSA) is 108 Å². The molecule has 3 amide bonds. The van der Waals surface area contributed by atoms with Crippen LogP contribution in [0, 0.1) is 0 Å². The van der Waals surface area contributed by atoms with E-state index in [2.05, 4.69) is 10.6 Å². The van der Waals surface area contributed by atoms with Crippen LogP contribution in [0.2, 0.25) is 0 Å². The van der Waals surface area contributed by atoms with E-state index < -0.39 is 0 Å². The van der Waals surface area contributed by atoms with Crippen LogP contribution >= 0.6 is 0 Å². The largest absolute Gasteiger partial charge is 0.482 e. The van der Waals surface area contributed by atoms with E-state index in [0.29, 0.717) is 41.3 Å². The van der Waals surface area contributed by atoms with Gasteiger partial charge in [-0.15, -0.1) is 0 Å². The average Bonchev–Trinajstić information content (AvgIpc) is 3.20. The molecule has 10 heteroatoms. The normalized spacial score (nSPS) is 12.5. The summed E-state index contributed by atoms with van der Waals surface area (Å²) in [4.78, 5) is 45.1. The van der Waals surface area contributed by atoms with E-state index in [-0.39, 0.29) is 30.9 Å². The van der Waals surface area contributed by atoms with Crippen molar-refractivity contribution < 1.29 is 19.1 Å².